The molecule has 7 heteroatoms. The van der Waals surface area contributed by atoms with Gasteiger partial charge in [0.05, 0.1) is 21.3 Å². The van der Waals surface area contributed by atoms with Crippen LogP contribution in [-0.4, -0.2) is 29.5 Å². The zero-order valence-corrected chi connectivity index (χ0v) is 23.0. The summed E-state index contributed by atoms with van der Waals surface area (Å²) in [4.78, 5) is 24.1. The van der Waals surface area contributed by atoms with E-state index in [2.05, 4.69) is 63.1 Å². The average molecular weight is 557 g/mol. The van der Waals surface area contributed by atoms with Crippen molar-refractivity contribution < 1.29 is 0 Å². The van der Waals surface area contributed by atoms with Crippen LogP contribution in [0.4, 0.5) is 0 Å². The molecule has 0 unspecified atom stereocenters. The van der Waals surface area contributed by atoms with Crippen LogP contribution in [0.2, 0.25) is 0 Å². The molecule has 42 heavy (non-hydrogen) atoms. The molecule has 4 heterocycles. The lowest BCUT2D eigenvalue weighted by Gasteiger charge is -2.11. The molecule has 0 radical (unpaired) electrons. The van der Waals surface area contributed by atoms with E-state index in [-0.39, 0.29) is 0 Å². The first-order valence-corrected chi connectivity index (χ1v) is 14.5. The van der Waals surface area contributed by atoms with Gasteiger partial charge in [0, 0.05) is 49.0 Å². The molecule has 0 aliphatic heterocycles. The molecule has 0 fully saturated rings. The topological polar surface area (TPSA) is 69.4 Å². The van der Waals surface area contributed by atoms with Crippen LogP contribution in [0.1, 0.15) is 0 Å². The Balaban J connectivity index is 1.47. The molecule has 0 saturated carbocycles. The minimum Gasteiger partial charge on any atom is -0.276 e. The highest BCUT2D eigenvalue weighted by atomic mass is 32.1. The van der Waals surface area contributed by atoms with Crippen molar-refractivity contribution in [1.29, 1.82) is 0 Å². The summed E-state index contributed by atoms with van der Waals surface area (Å²) < 4.78 is 4.64. The van der Waals surface area contributed by atoms with Gasteiger partial charge in [-0.2, -0.15) is 9.97 Å². The Hall–Kier alpha value is -5.53. The van der Waals surface area contributed by atoms with Gasteiger partial charge >= 0.3 is 0 Å². The zero-order valence-electron chi connectivity index (χ0n) is 22.1. The normalized spacial score (nSPS) is 11.8. The van der Waals surface area contributed by atoms with Crippen molar-refractivity contribution in [3.05, 3.63) is 122 Å². The van der Waals surface area contributed by atoms with Crippen molar-refractivity contribution in [3.63, 3.8) is 0 Å². The Kier molecular flexibility index (Phi) is 4.97. The third-order valence-electron chi connectivity index (χ3n) is 7.79. The van der Waals surface area contributed by atoms with Crippen LogP contribution in [0, 0.1) is 0 Å². The lowest BCUT2D eigenvalue weighted by molar-refractivity contribution is 0.955. The van der Waals surface area contributed by atoms with E-state index in [4.69, 9.17) is 15.0 Å². The molecule has 0 amide bonds. The second kappa shape index (κ2) is 8.99. The van der Waals surface area contributed by atoms with Crippen LogP contribution in [0.5, 0.6) is 0 Å². The van der Waals surface area contributed by atoms with E-state index in [9.17, 15) is 0 Å². The predicted molar refractivity (Wildman–Crippen MR) is 171 cm³/mol. The van der Waals surface area contributed by atoms with E-state index in [1.807, 2.05) is 66.9 Å². The molecular formula is C35H20N6S. The second-order valence-corrected chi connectivity index (χ2v) is 11.3. The SMILES string of the molecule is c1ccc(-c2nc(-c3ccccc3)nc(-n3c4cc5ncncc5cc4c4ccc5c6ccccc6sc5c43)n2)cc1. The van der Waals surface area contributed by atoms with Crippen molar-refractivity contribution in [2.75, 3.05) is 0 Å². The summed E-state index contributed by atoms with van der Waals surface area (Å²) in [7, 11) is 0. The standard InChI is InChI=1S/C35H20N6S/c1-3-9-21(10-4-1)33-38-34(22-11-5-2-6-12-22)40-35(39-33)41-29-18-28-23(19-36-20-37-28)17-27(29)25-15-16-26-24-13-7-8-14-30(24)42-32(26)31(25)41/h1-20H. The molecule has 4 aromatic heterocycles. The molecule has 0 saturated heterocycles. The van der Waals surface area contributed by atoms with E-state index in [0.29, 0.717) is 17.6 Å². The van der Waals surface area contributed by atoms with Crippen molar-refractivity contribution in [1.82, 2.24) is 29.5 Å². The van der Waals surface area contributed by atoms with Crippen LogP contribution in [0.3, 0.4) is 0 Å². The van der Waals surface area contributed by atoms with Crippen LogP contribution >= 0.6 is 11.3 Å². The zero-order chi connectivity index (χ0) is 27.6. The number of nitrogens with zero attached hydrogens (tertiary/aromatic N) is 6. The van der Waals surface area contributed by atoms with Crippen molar-refractivity contribution >= 4 is 64.2 Å². The van der Waals surface area contributed by atoms with Crippen LogP contribution < -0.4 is 0 Å². The summed E-state index contributed by atoms with van der Waals surface area (Å²) in [5.74, 6) is 1.82. The number of aromatic nitrogens is 6. The van der Waals surface area contributed by atoms with Gasteiger partial charge in [0.25, 0.3) is 0 Å². The highest BCUT2D eigenvalue weighted by Gasteiger charge is 2.21. The van der Waals surface area contributed by atoms with Crippen LogP contribution in [0.25, 0.3) is 81.6 Å². The minimum absolute atomic E-state index is 0.570. The first-order chi connectivity index (χ1) is 20.8. The summed E-state index contributed by atoms with van der Waals surface area (Å²) in [5.41, 5.74) is 4.81. The van der Waals surface area contributed by atoms with Gasteiger partial charge in [-0.15, -0.1) is 11.3 Å². The van der Waals surface area contributed by atoms with Gasteiger partial charge in [-0.1, -0.05) is 91.0 Å². The van der Waals surface area contributed by atoms with Gasteiger partial charge in [-0.25, -0.2) is 15.0 Å². The van der Waals surface area contributed by atoms with Gasteiger partial charge < -0.3 is 0 Å². The first-order valence-electron chi connectivity index (χ1n) is 13.7. The minimum atomic E-state index is 0.570. The predicted octanol–water partition coefficient (Wildman–Crippen LogP) is 8.61. The number of benzene rings is 5. The van der Waals surface area contributed by atoms with Crippen molar-refractivity contribution in [3.8, 4) is 28.7 Å². The lowest BCUT2D eigenvalue weighted by Crippen LogP contribution is -2.06. The third-order valence-corrected chi connectivity index (χ3v) is 8.98. The summed E-state index contributed by atoms with van der Waals surface area (Å²) in [6.45, 7) is 0. The number of fused-ring (bicyclic) bond motifs is 8. The fourth-order valence-electron chi connectivity index (χ4n) is 5.86. The number of hydrogen-bond donors (Lipinski definition) is 0. The molecule has 0 atom stereocenters. The Bertz CT molecular complexity index is 2400. The third kappa shape index (κ3) is 3.47. The molecule has 5 aromatic carbocycles. The molecule has 0 aliphatic carbocycles. The first kappa shape index (κ1) is 23.2. The van der Waals surface area contributed by atoms with Gasteiger partial charge in [-0.05, 0) is 18.2 Å². The van der Waals surface area contributed by atoms with Gasteiger partial charge in [0.2, 0.25) is 5.95 Å². The van der Waals surface area contributed by atoms with Crippen LogP contribution in [0.15, 0.2) is 122 Å². The maximum absolute atomic E-state index is 5.13. The molecule has 0 N–H and O–H groups in total. The molecule has 0 spiro atoms. The van der Waals surface area contributed by atoms with Crippen molar-refractivity contribution in [2.24, 2.45) is 0 Å². The van der Waals surface area contributed by atoms with Crippen molar-refractivity contribution in [2.45, 2.75) is 0 Å². The molecule has 6 nitrogen and oxygen atoms in total. The molecular weight excluding hydrogens is 536 g/mol. The summed E-state index contributed by atoms with van der Waals surface area (Å²) in [6, 6.07) is 37.5. The van der Waals surface area contributed by atoms with Gasteiger partial charge in [0.15, 0.2) is 11.6 Å². The maximum Gasteiger partial charge on any atom is 0.238 e. The maximum atomic E-state index is 5.13. The van der Waals surface area contributed by atoms with Gasteiger partial charge in [-0.3, -0.25) is 4.57 Å². The molecule has 0 aliphatic rings. The van der Waals surface area contributed by atoms with E-state index in [0.717, 1.165) is 43.8 Å². The Morgan fingerprint density at radius 2 is 1.29 bits per heavy atom. The summed E-state index contributed by atoms with van der Waals surface area (Å²) >= 11 is 1.80. The Morgan fingerprint density at radius 1 is 0.595 bits per heavy atom. The second-order valence-electron chi connectivity index (χ2n) is 10.2. The molecule has 0 bridgehead atoms. The lowest BCUT2D eigenvalue weighted by atomic mass is 10.1. The molecule has 9 aromatic rings. The number of rotatable bonds is 3. The summed E-state index contributed by atoms with van der Waals surface area (Å²) in [6.07, 6.45) is 3.46. The fourth-order valence-corrected chi connectivity index (χ4v) is 7.10. The van der Waals surface area contributed by atoms with E-state index in [1.54, 1.807) is 17.7 Å². The van der Waals surface area contributed by atoms with Crippen LogP contribution in [-0.2, 0) is 0 Å². The van der Waals surface area contributed by atoms with E-state index >= 15 is 0 Å². The van der Waals surface area contributed by atoms with E-state index in [1.165, 1.54) is 20.2 Å². The average Bonchev–Trinajstić information content (AvgIpc) is 3.60. The molecule has 9 rings (SSSR count). The number of thiophene rings is 1. The Morgan fingerprint density at radius 3 is 2.05 bits per heavy atom. The highest BCUT2D eigenvalue weighted by molar-refractivity contribution is 7.26. The quantitative estimate of drug-likeness (QED) is 0.218. The largest absolute Gasteiger partial charge is 0.276 e. The summed E-state index contributed by atoms with van der Waals surface area (Å²) in [5, 5.41) is 5.70. The molecule has 196 valence electrons. The monoisotopic (exact) mass is 556 g/mol. The highest BCUT2D eigenvalue weighted by Crippen LogP contribution is 2.43. The Labute approximate surface area is 243 Å². The van der Waals surface area contributed by atoms with E-state index < -0.39 is 0 Å². The van der Waals surface area contributed by atoms with Gasteiger partial charge in [0.1, 0.15) is 6.33 Å². The number of hydrogen-bond acceptors (Lipinski definition) is 6. The fraction of sp³-hybridized carbons (Fsp3) is 0. The smallest absolute Gasteiger partial charge is 0.238 e.